The Kier molecular flexibility index (Phi) is 1.23. The molecule has 4 atom stereocenters. The lowest BCUT2D eigenvalue weighted by molar-refractivity contribution is -0.124. The van der Waals surface area contributed by atoms with Crippen molar-refractivity contribution in [3.05, 3.63) is 29.8 Å². The molecule has 86 valence electrons. The van der Waals surface area contributed by atoms with Crippen molar-refractivity contribution in [1.29, 1.82) is 0 Å². The second kappa shape index (κ2) is 2.41. The van der Waals surface area contributed by atoms with Crippen molar-refractivity contribution in [2.75, 3.05) is 11.5 Å². The van der Waals surface area contributed by atoms with Crippen LogP contribution in [0.5, 0.6) is 0 Å². The summed E-state index contributed by atoms with van der Waals surface area (Å²) in [5, 5.41) is 0. The molecule has 1 saturated carbocycles. The first-order chi connectivity index (χ1) is 8.33. The number of carbonyl (C=O) groups excluding carboxylic acids is 1. The standard InChI is InChI=1S/C14H13NO2/c16-11-6-5-9-13-12(14(9)7-17-14)8-3-1-2-4-10(8)15(11)13/h1-4,9,12-13H,5-7H2/t9-,12+,13+,14+/m1/s1. The highest BCUT2D eigenvalue weighted by molar-refractivity contribution is 5.99. The molecule has 3 aliphatic heterocycles. The molecule has 1 aromatic rings. The van der Waals surface area contributed by atoms with Gasteiger partial charge in [0.15, 0.2) is 0 Å². The Labute approximate surface area is 99.4 Å². The first kappa shape index (κ1) is 8.70. The topological polar surface area (TPSA) is 32.8 Å². The van der Waals surface area contributed by atoms with Crippen LogP contribution in [0.1, 0.15) is 24.3 Å². The van der Waals surface area contributed by atoms with Gasteiger partial charge >= 0.3 is 0 Å². The van der Waals surface area contributed by atoms with E-state index in [-0.39, 0.29) is 5.60 Å². The Morgan fingerprint density at radius 3 is 3.00 bits per heavy atom. The molecule has 0 unspecified atom stereocenters. The third-order valence-electron chi connectivity index (χ3n) is 5.15. The maximum atomic E-state index is 12.1. The van der Waals surface area contributed by atoms with Crippen LogP contribution in [0.15, 0.2) is 24.3 Å². The van der Waals surface area contributed by atoms with Crippen molar-refractivity contribution in [3.8, 4) is 0 Å². The number of nitrogens with zero attached hydrogens (tertiary/aromatic N) is 1. The van der Waals surface area contributed by atoms with Gasteiger partial charge in [0.25, 0.3) is 0 Å². The number of epoxide rings is 1. The van der Waals surface area contributed by atoms with Crippen LogP contribution >= 0.6 is 0 Å². The third-order valence-corrected chi connectivity index (χ3v) is 5.15. The van der Waals surface area contributed by atoms with Gasteiger partial charge in [-0.15, -0.1) is 0 Å². The van der Waals surface area contributed by atoms with Gasteiger partial charge in [0.2, 0.25) is 5.91 Å². The van der Waals surface area contributed by atoms with Gasteiger partial charge in [0.1, 0.15) is 5.60 Å². The summed E-state index contributed by atoms with van der Waals surface area (Å²) in [7, 11) is 0. The zero-order valence-corrected chi connectivity index (χ0v) is 9.43. The normalized spacial score (nSPS) is 44.4. The number of rotatable bonds is 0. The minimum absolute atomic E-state index is 0.107. The van der Waals surface area contributed by atoms with Crippen LogP contribution in [0.4, 0.5) is 5.69 Å². The van der Waals surface area contributed by atoms with E-state index in [1.165, 1.54) is 5.56 Å². The number of anilines is 1. The van der Waals surface area contributed by atoms with Crippen LogP contribution in [-0.2, 0) is 9.53 Å². The number of carbonyl (C=O) groups is 1. The van der Waals surface area contributed by atoms with Crippen LogP contribution in [0.2, 0.25) is 0 Å². The molecule has 3 fully saturated rings. The van der Waals surface area contributed by atoms with Crippen LogP contribution in [0, 0.1) is 5.92 Å². The van der Waals surface area contributed by atoms with E-state index in [0.717, 1.165) is 18.7 Å². The van der Waals surface area contributed by atoms with Crippen molar-refractivity contribution < 1.29 is 9.53 Å². The smallest absolute Gasteiger partial charge is 0.227 e. The van der Waals surface area contributed by atoms with Crippen molar-refractivity contribution in [2.24, 2.45) is 5.92 Å². The number of hydrogen-bond acceptors (Lipinski definition) is 2. The average molecular weight is 227 g/mol. The minimum atomic E-state index is 0.107. The van der Waals surface area contributed by atoms with E-state index in [0.29, 0.717) is 30.2 Å². The van der Waals surface area contributed by atoms with Gasteiger partial charge in [0.05, 0.1) is 12.6 Å². The van der Waals surface area contributed by atoms with Crippen LogP contribution < -0.4 is 4.90 Å². The summed E-state index contributed by atoms with van der Waals surface area (Å²) in [6.45, 7) is 0.898. The molecule has 1 amide bonds. The fourth-order valence-corrected chi connectivity index (χ4v) is 4.42. The lowest BCUT2D eigenvalue weighted by Crippen LogP contribution is -2.64. The van der Waals surface area contributed by atoms with Crippen molar-refractivity contribution in [2.45, 2.75) is 30.4 Å². The molecule has 1 spiro atoms. The molecule has 1 aliphatic carbocycles. The Bertz CT molecular complexity index is 549. The second-order valence-electron chi connectivity index (χ2n) is 5.68. The molecule has 3 nitrogen and oxygen atoms in total. The van der Waals surface area contributed by atoms with E-state index in [1.807, 2.05) is 6.07 Å². The molecule has 3 heterocycles. The van der Waals surface area contributed by atoms with Crippen molar-refractivity contribution in [1.82, 2.24) is 0 Å². The van der Waals surface area contributed by atoms with Gasteiger partial charge < -0.3 is 9.64 Å². The number of ether oxygens (including phenoxy) is 1. The largest absolute Gasteiger partial charge is 0.368 e. The monoisotopic (exact) mass is 227 g/mol. The first-order valence-corrected chi connectivity index (χ1v) is 6.38. The van der Waals surface area contributed by atoms with Gasteiger partial charge in [0, 0.05) is 23.9 Å². The molecule has 0 bridgehead atoms. The van der Waals surface area contributed by atoms with Gasteiger partial charge in [-0.25, -0.2) is 0 Å². The van der Waals surface area contributed by atoms with E-state index in [1.54, 1.807) is 0 Å². The maximum absolute atomic E-state index is 12.1. The molecular formula is C14H13NO2. The zero-order chi connectivity index (χ0) is 11.2. The lowest BCUT2D eigenvalue weighted by atomic mass is 9.57. The predicted octanol–water partition coefficient (Wildman–Crippen LogP) is 1.68. The molecule has 2 saturated heterocycles. The lowest BCUT2D eigenvalue weighted by Gasteiger charge is -2.52. The Morgan fingerprint density at radius 2 is 2.18 bits per heavy atom. The highest BCUT2D eigenvalue weighted by atomic mass is 16.6. The maximum Gasteiger partial charge on any atom is 0.227 e. The highest BCUT2D eigenvalue weighted by Gasteiger charge is 2.76. The van der Waals surface area contributed by atoms with Crippen molar-refractivity contribution >= 4 is 11.6 Å². The number of benzene rings is 1. The van der Waals surface area contributed by atoms with Gasteiger partial charge in [-0.05, 0) is 18.1 Å². The summed E-state index contributed by atoms with van der Waals surface area (Å²) in [6.07, 6.45) is 1.71. The molecule has 5 rings (SSSR count). The fraction of sp³-hybridized carbons (Fsp3) is 0.500. The number of amides is 1. The summed E-state index contributed by atoms with van der Waals surface area (Å²) in [5.41, 5.74) is 2.59. The highest BCUT2D eigenvalue weighted by Crippen LogP contribution is 2.69. The number of piperidine rings is 1. The molecule has 3 heteroatoms. The molecular weight excluding hydrogens is 214 g/mol. The Morgan fingerprint density at radius 1 is 1.35 bits per heavy atom. The van der Waals surface area contributed by atoms with E-state index in [4.69, 9.17) is 4.74 Å². The molecule has 0 radical (unpaired) electrons. The number of fused-ring (bicyclic) bond motifs is 5. The van der Waals surface area contributed by atoms with Crippen LogP contribution in [0.25, 0.3) is 0 Å². The zero-order valence-electron chi connectivity index (χ0n) is 9.43. The summed E-state index contributed by atoms with van der Waals surface area (Å²) < 4.78 is 5.79. The summed E-state index contributed by atoms with van der Waals surface area (Å²) in [5.74, 6) is 1.34. The van der Waals surface area contributed by atoms with E-state index < -0.39 is 0 Å². The van der Waals surface area contributed by atoms with Crippen LogP contribution in [0.3, 0.4) is 0 Å². The van der Waals surface area contributed by atoms with Crippen LogP contribution in [-0.4, -0.2) is 24.2 Å². The summed E-state index contributed by atoms with van der Waals surface area (Å²) in [4.78, 5) is 14.2. The average Bonchev–Trinajstić information content (AvgIpc) is 3.08. The Balaban J connectivity index is 1.76. The third kappa shape index (κ3) is 0.757. The number of hydrogen-bond donors (Lipinski definition) is 0. The first-order valence-electron chi connectivity index (χ1n) is 6.38. The second-order valence-corrected chi connectivity index (χ2v) is 5.68. The van der Waals surface area contributed by atoms with E-state index in [9.17, 15) is 4.79 Å². The van der Waals surface area contributed by atoms with Gasteiger partial charge in [-0.3, -0.25) is 4.79 Å². The molecule has 0 N–H and O–H groups in total. The number of para-hydroxylation sites is 1. The molecule has 4 aliphatic rings. The molecule has 1 aromatic carbocycles. The summed E-state index contributed by atoms with van der Waals surface area (Å²) in [6, 6.07) is 8.76. The predicted molar refractivity (Wildman–Crippen MR) is 61.9 cm³/mol. The SMILES string of the molecule is O=C1CC[C@@H]2[C@H]3[C@H](c4ccccc4N13)[C@]21CO1. The molecule has 17 heavy (non-hydrogen) atoms. The quantitative estimate of drug-likeness (QED) is 0.632. The van der Waals surface area contributed by atoms with E-state index in [2.05, 4.69) is 23.1 Å². The summed E-state index contributed by atoms with van der Waals surface area (Å²) >= 11 is 0. The minimum Gasteiger partial charge on any atom is -0.368 e. The van der Waals surface area contributed by atoms with E-state index >= 15 is 0 Å². The van der Waals surface area contributed by atoms with Gasteiger partial charge in [-0.1, -0.05) is 18.2 Å². The van der Waals surface area contributed by atoms with Crippen molar-refractivity contribution in [3.63, 3.8) is 0 Å². The fourth-order valence-electron chi connectivity index (χ4n) is 4.42. The molecule has 0 aromatic heterocycles. The van der Waals surface area contributed by atoms with Gasteiger partial charge in [-0.2, -0.15) is 0 Å². The Hall–Kier alpha value is -1.35.